The van der Waals surface area contributed by atoms with Gasteiger partial charge in [-0.05, 0) is 24.6 Å². The molecule has 0 radical (unpaired) electrons. The predicted octanol–water partition coefficient (Wildman–Crippen LogP) is 3.67. The van der Waals surface area contributed by atoms with Gasteiger partial charge in [0.15, 0.2) is 8.32 Å². The topological polar surface area (TPSA) is 44.8 Å². The van der Waals surface area contributed by atoms with Gasteiger partial charge >= 0.3 is 5.97 Å². The normalized spacial score (nSPS) is 26.7. The number of carbonyl (C=O) groups is 1. The van der Waals surface area contributed by atoms with E-state index in [1.807, 2.05) is 6.08 Å². The molecule has 1 aliphatic rings. The maximum Gasteiger partial charge on any atom is 0.302 e. The summed E-state index contributed by atoms with van der Waals surface area (Å²) in [4.78, 5) is 11.0. The lowest BCUT2D eigenvalue weighted by molar-refractivity contribution is -0.146. The van der Waals surface area contributed by atoms with Crippen LogP contribution in [-0.4, -0.2) is 39.2 Å². The molecule has 0 aromatic heterocycles. The highest BCUT2D eigenvalue weighted by Crippen LogP contribution is 2.40. The van der Waals surface area contributed by atoms with Gasteiger partial charge in [0.05, 0.1) is 12.2 Å². The highest BCUT2D eigenvalue weighted by Gasteiger charge is 2.44. The summed E-state index contributed by atoms with van der Waals surface area (Å²) in [5.41, 5.74) is 0. The van der Waals surface area contributed by atoms with Gasteiger partial charge in [0.1, 0.15) is 12.7 Å². The molecule has 0 bridgehead atoms. The number of ether oxygens (including phenoxy) is 2. The molecular formula is C16H30O4Si. The van der Waals surface area contributed by atoms with Crippen molar-refractivity contribution in [3.05, 3.63) is 12.7 Å². The van der Waals surface area contributed by atoms with Gasteiger partial charge in [0.2, 0.25) is 0 Å². The molecule has 1 fully saturated rings. The minimum atomic E-state index is -1.87. The van der Waals surface area contributed by atoms with Gasteiger partial charge < -0.3 is 13.9 Å². The van der Waals surface area contributed by atoms with Crippen LogP contribution in [0.2, 0.25) is 18.1 Å². The summed E-state index contributed by atoms with van der Waals surface area (Å²) in [5, 5.41) is 0.148. The molecule has 1 aliphatic heterocycles. The fraction of sp³-hybridized carbons (Fsp3) is 0.812. The summed E-state index contributed by atoms with van der Waals surface area (Å²) >= 11 is 0. The zero-order chi connectivity index (χ0) is 16.3. The van der Waals surface area contributed by atoms with E-state index >= 15 is 0 Å². The van der Waals surface area contributed by atoms with E-state index in [9.17, 15) is 4.79 Å². The molecule has 0 aliphatic carbocycles. The minimum absolute atomic E-state index is 0.00445. The van der Waals surface area contributed by atoms with Crippen LogP contribution in [0.3, 0.4) is 0 Å². The summed E-state index contributed by atoms with van der Waals surface area (Å²) in [6, 6.07) is 0. The van der Waals surface area contributed by atoms with E-state index in [0.29, 0.717) is 0 Å². The van der Waals surface area contributed by atoms with Crippen molar-refractivity contribution in [3.63, 3.8) is 0 Å². The van der Waals surface area contributed by atoms with Crippen LogP contribution in [0.4, 0.5) is 0 Å². The van der Waals surface area contributed by atoms with E-state index in [1.165, 1.54) is 6.92 Å². The molecule has 0 aromatic carbocycles. The largest absolute Gasteiger partial charge is 0.463 e. The summed E-state index contributed by atoms with van der Waals surface area (Å²) in [5.74, 6) is -0.281. The standard InChI is InChI=1S/C16H30O4Si/c1-8-9-13-10-14(15(19-13)11-18-12(2)17)20-21(6,7)16(3,4)5/h8,13-15H,1,9-11H2,2-7H3/t13-,14+,15-/m1/s1. The van der Waals surface area contributed by atoms with Crippen molar-refractivity contribution in [2.45, 2.75) is 77.0 Å². The van der Waals surface area contributed by atoms with Gasteiger partial charge in [0.25, 0.3) is 0 Å². The first-order valence-corrected chi connectivity index (χ1v) is 10.5. The Balaban J connectivity index is 2.74. The zero-order valence-corrected chi connectivity index (χ0v) is 15.3. The van der Waals surface area contributed by atoms with E-state index in [0.717, 1.165) is 12.8 Å². The quantitative estimate of drug-likeness (QED) is 0.426. The Labute approximate surface area is 130 Å². The van der Waals surface area contributed by atoms with Crippen molar-refractivity contribution in [2.24, 2.45) is 0 Å². The van der Waals surface area contributed by atoms with E-state index in [4.69, 9.17) is 13.9 Å². The SMILES string of the molecule is C=CC[C@@H]1C[C@H](O[Si](C)(C)C(C)(C)C)[C@@H](COC(C)=O)O1. The van der Waals surface area contributed by atoms with E-state index in [-0.39, 0.29) is 35.9 Å². The molecule has 0 amide bonds. The monoisotopic (exact) mass is 314 g/mol. The Bertz CT molecular complexity index is 373. The van der Waals surface area contributed by atoms with Gasteiger partial charge in [-0.2, -0.15) is 0 Å². The van der Waals surface area contributed by atoms with Crippen LogP contribution >= 0.6 is 0 Å². The molecule has 0 N–H and O–H groups in total. The maximum atomic E-state index is 11.0. The third kappa shape index (κ3) is 5.24. The molecule has 4 nitrogen and oxygen atoms in total. The first-order valence-electron chi connectivity index (χ1n) is 7.64. The number of carbonyl (C=O) groups excluding carboxylic acids is 1. The molecule has 5 heteroatoms. The van der Waals surface area contributed by atoms with Crippen molar-refractivity contribution in [2.75, 3.05) is 6.61 Å². The van der Waals surface area contributed by atoms with Gasteiger partial charge in [-0.3, -0.25) is 4.79 Å². The maximum absolute atomic E-state index is 11.0. The third-order valence-corrected chi connectivity index (χ3v) is 8.91. The van der Waals surface area contributed by atoms with Gasteiger partial charge in [0, 0.05) is 13.3 Å². The van der Waals surface area contributed by atoms with Crippen LogP contribution in [0.5, 0.6) is 0 Å². The average molecular weight is 314 g/mol. The minimum Gasteiger partial charge on any atom is -0.463 e. The molecule has 122 valence electrons. The number of hydrogen-bond donors (Lipinski definition) is 0. The van der Waals surface area contributed by atoms with E-state index < -0.39 is 8.32 Å². The van der Waals surface area contributed by atoms with Gasteiger partial charge in [-0.25, -0.2) is 0 Å². The zero-order valence-electron chi connectivity index (χ0n) is 14.3. The predicted molar refractivity (Wildman–Crippen MR) is 86.8 cm³/mol. The molecule has 0 spiro atoms. The first kappa shape index (κ1) is 18.4. The Kier molecular flexibility index (Phi) is 6.19. The Morgan fingerprint density at radius 3 is 2.52 bits per heavy atom. The second-order valence-electron chi connectivity index (χ2n) is 7.28. The van der Waals surface area contributed by atoms with Crippen LogP contribution in [0.15, 0.2) is 12.7 Å². The summed E-state index contributed by atoms with van der Waals surface area (Å²) in [6.45, 7) is 16.6. The van der Waals surface area contributed by atoms with Crippen LogP contribution in [0, 0.1) is 0 Å². The molecule has 3 atom stereocenters. The molecular weight excluding hydrogens is 284 g/mol. The van der Waals surface area contributed by atoms with Crippen LogP contribution in [0.1, 0.15) is 40.5 Å². The summed E-state index contributed by atoms with van der Waals surface area (Å²) in [6.07, 6.45) is 3.43. The molecule has 0 aromatic rings. The molecule has 0 unspecified atom stereocenters. The number of hydrogen-bond acceptors (Lipinski definition) is 4. The molecule has 1 rings (SSSR count). The van der Waals surface area contributed by atoms with Crippen LogP contribution in [0.25, 0.3) is 0 Å². The van der Waals surface area contributed by atoms with Crippen molar-refractivity contribution >= 4 is 14.3 Å². The highest BCUT2D eigenvalue weighted by atomic mass is 28.4. The van der Waals surface area contributed by atoms with E-state index in [1.54, 1.807) is 0 Å². The van der Waals surface area contributed by atoms with Crippen LogP contribution < -0.4 is 0 Å². The second-order valence-corrected chi connectivity index (χ2v) is 12.0. The lowest BCUT2D eigenvalue weighted by Gasteiger charge is -2.39. The van der Waals surface area contributed by atoms with Crippen molar-refractivity contribution in [1.82, 2.24) is 0 Å². The molecule has 1 heterocycles. The third-order valence-electron chi connectivity index (χ3n) is 4.41. The average Bonchev–Trinajstić information content (AvgIpc) is 2.67. The fourth-order valence-electron chi connectivity index (χ4n) is 2.16. The van der Waals surface area contributed by atoms with E-state index in [2.05, 4.69) is 40.4 Å². The molecule has 21 heavy (non-hydrogen) atoms. The Morgan fingerprint density at radius 2 is 2.05 bits per heavy atom. The van der Waals surface area contributed by atoms with Crippen molar-refractivity contribution < 1.29 is 18.7 Å². The van der Waals surface area contributed by atoms with Crippen molar-refractivity contribution in [3.8, 4) is 0 Å². The first-order chi connectivity index (χ1) is 9.56. The Hall–Kier alpha value is -0.653. The second kappa shape index (κ2) is 7.07. The smallest absolute Gasteiger partial charge is 0.302 e. The Morgan fingerprint density at radius 1 is 1.43 bits per heavy atom. The van der Waals surface area contributed by atoms with Gasteiger partial charge in [-0.1, -0.05) is 26.8 Å². The molecule has 1 saturated heterocycles. The number of esters is 1. The highest BCUT2D eigenvalue weighted by molar-refractivity contribution is 6.74. The lowest BCUT2D eigenvalue weighted by atomic mass is 10.1. The van der Waals surface area contributed by atoms with Crippen molar-refractivity contribution in [1.29, 1.82) is 0 Å². The summed E-state index contributed by atoms with van der Waals surface area (Å²) < 4.78 is 17.6. The number of rotatable bonds is 6. The summed E-state index contributed by atoms with van der Waals surface area (Å²) in [7, 11) is -1.87. The van der Waals surface area contributed by atoms with Gasteiger partial charge in [-0.15, -0.1) is 6.58 Å². The fourth-order valence-corrected chi connectivity index (χ4v) is 3.52. The lowest BCUT2D eigenvalue weighted by Crippen LogP contribution is -2.46. The molecule has 0 saturated carbocycles. The van der Waals surface area contributed by atoms with Crippen LogP contribution in [-0.2, 0) is 18.7 Å².